The Hall–Kier alpha value is -2.30. The van der Waals surface area contributed by atoms with Crippen molar-refractivity contribution in [2.75, 3.05) is 7.11 Å². The number of halogens is 1. The van der Waals surface area contributed by atoms with Crippen molar-refractivity contribution in [3.05, 3.63) is 93.0 Å². The van der Waals surface area contributed by atoms with Crippen LogP contribution in [0.4, 0.5) is 0 Å². The fourth-order valence-corrected chi connectivity index (χ4v) is 3.46. The molecule has 146 valence electrons. The molecule has 0 amide bonds. The molecule has 0 atom stereocenters. The fourth-order valence-electron chi connectivity index (χ4n) is 3.00. The third-order valence-electron chi connectivity index (χ3n) is 4.57. The number of benzene rings is 3. The van der Waals surface area contributed by atoms with E-state index < -0.39 is 0 Å². The second-order valence-electron chi connectivity index (χ2n) is 6.96. The topological polar surface area (TPSA) is 30.5 Å². The van der Waals surface area contributed by atoms with E-state index >= 15 is 0 Å². The SMILES string of the molecule is COc1cc(CNCc2ccc(C)cc2)c(Br)cc1OCc1cccc(C)c1. The second kappa shape index (κ2) is 9.76. The lowest BCUT2D eigenvalue weighted by Crippen LogP contribution is -2.13. The van der Waals surface area contributed by atoms with Crippen LogP contribution in [0.3, 0.4) is 0 Å². The van der Waals surface area contributed by atoms with E-state index in [1.165, 1.54) is 16.7 Å². The number of hydrogen-bond acceptors (Lipinski definition) is 3. The van der Waals surface area contributed by atoms with Gasteiger partial charge in [0.2, 0.25) is 0 Å². The molecule has 0 bridgehead atoms. The molecule has 0 fully saturated rings. The number of nitrogens with one attached hydrogen (secondary N) is 1. The Kier molecular flexibility index (Phi) is 7.12. The maximum Gasteiger partial charge on any atom is 0.162 e. The quantitative estimate of drug-likeness (QED) is 0.470. The molecular formula is C24H26BrNO2. The minimum Gasteiger partial charge on any atom is -0.493 e. The fraction of sp³-hybridized carbons (Fsp3) is 0.250. The first kappa shape index (κ1) is 20.4. The highest BCUT2D eigenvalue weighted by Crippen LogP contribution is 2.34. The summed E-state index contributed by atoms with van der Waals surface area (Å²) in [7, 11) is 1.67. The first-order chi connectivity index (χ1) is 13.5. The summed E-state index contributed by atoms with van der Waals surface area (Å²) in [5, 5.41) is 3.49. The summed E-state index contributed by atoms with van der Waals surface area (Å²) in [6.07, 6.45) is 0. The first-order valence-electron chi connectivity index (χ1n) is 9.36. The Morgan fingerprint density at radius 2 is 1.61 bits per heavy atom. The summed E-state index contributed by atoms with van der Waals surface area (Å²) in [5.41, 5.74) is 6.04. The molecule has 0 aliphatic heterocycles. The number of methoxy groups -OCH3 is 1. The molecule has 0 radical (unpaired) electrons. The van der Waals surface area contributed by atoms with E-state index in [0.29, 0.717) is 6.61 Å². The average Bonchev–Trinajstić information content (AvgIpc) is 2.69. The van der Waals surface area contributed by atoms with Gasteiger partial charge < -0.3 is 14.8 Å². The maximum absolute atomic E-state index is 6.01. The van der Waals surface area contributed by atoms with Gasteiger partial charge in [0.25, 0.3) is 0 Å². The molecular weight excluding hydrogens is 414 g/mol. The predicted octanol–water partition coefficient (Wildman–Crippen LogP) is 5.94. The highest BCUT2D eigenvalue weighted by atomic mass is 79.9. The van der Waals surface area contributed by atoms with Crippen molar-refractivity contribution in [1.82, 2.24) is 5.32 Å². The zero-order chi connectivity index (χ0) is 19.9. The molecule has 0 aliphatic carbocycles. The van der Waals surface area contributed by atoms with E-state index in [0.717, 1.165) is 40.2 Å². The molecule has 0 saturated heterocycles. The average molecular weight is 440 g/mol. The van der Waals surface area contributed by atoms with Gasteiger partial charge >= 0.3 is 0 Å². The molecule has 1 N–H and O–H groups in total. The van der Waals surface area contributed by atoms with E-state index in [4.69, 9.17) is 9.47 Å². The van der Waals surface area contributed by atoms with E-state index in [9.17, 15) is 0 Å². The number of ether oxygens (including phenoxy) is 2. The molecule has 3 aromatic carbocycles. The van der Waals surface area contributed by atoms with Crippen molar-refractivity contribution < 1.29 is 9.47 Å². The zero-order valence-corrected chi connectivity index (χ0v) is 18.2. The molecule has 3 nitrogen and oxygen atoms in total. The van der Waals surface area contributed by atoms with Crippen LogP contribution in [0.5, 0.6) is 11.5 Å². The van der Waals surface area contributed by atoms with Crippen molar-refractivity contribution >= 4 is 15.9 Å². The smallest absolute Gasteiger partial charge is 0.162 e. The van der Waals surface area contributed by atoms with Crippen molar-refractivity contribution in [1.29, 1.82) is 0 Å². The standard InChI is InChI=1S/C24H26BrNO2/c1-17-7-9-19(10-8-17)14-26-15-21-12-23(27-3)24(13-22(21)25)28-16-20-6-4-5-18(2)11-20/h4-13,26H,14-16H2,1-3H3. The second-order valence-corrected chi connectivity index (χ2v) is 7.82. The largest absolute Gasteiger partial charge is 0.493 e. The van der Waals surface area contributed by atoms with Gasteiger partial charge in [-0.05, 0) is 42.7 Å². The lowest BCUT2D eigenvalue weighted by Gasteiger charge is -2.15. The third-order valence-corrected chi connectivity index (χ3v) is 5.31. The predicted molar refractivity (Wildman–Crippen MR) is 118 cm³/mol. The molecule has 0 heterocycles. The summed E-state index contributed by atoms with van der Waals surface area (Å²) < 4.78 is 12.6. The maximum atomic E-state index is 6.01. The Bertz CT molecular complexity index is 922. The first-order valence-corrected chi connectivity index (χ1v) is 10.2. The Balaban J connectivity index is 1.64. The molecule has 0 spiro atoms. The number of rotatable bonds is 8. The Morgan fingerprint density at radius 1 is 0.821 bits per heavy atom. The van der Waals surface area contributed by atoms with Crippen LogP contribution in [-0.4, -0.2) is 7.11 Å². The van der Waals surface area contributed by atoms with Crippen LogP contribution in [0.2, 0.25) is 0 Å². The molecule has 0 aromatic heterocycles. The van der Waals surface area contributed by atoms with Crippen LogP contribution >= 0.6 is 15.9 Å². The van der Waals surface area contributed by atoms with Crippen molar-refractivity contribution in [3.63, 3.8) is 0 Å². The lowest BCUT2D eigenvalue weighted by molar-refractivity contribution is 0.284. The Morgan fingerprint density at radius 3 is 2.32 bits per heavy atom. The molecule has 3 aromatic rings. The highest BCUT2D eigenvalue weighted by Gasteiger charge is 2.11. The molecule has 0 unspecified atom stereocenters. The van der Waals surface area contributed by atoms with Gasteiger partial charge in [-0.3, -0.25) is 0 Å². The monoisotopic (exact) mass is 439 g/mol. The van der Waals surface area contributed by atoms with Crippen molar-refractivity contribution in [3.8, 4) is 11.5 Å². The van der Waals surface area contributed by atoms with Gasteiger partial charge in [0.1, 0.15) is 6.61 Å². The molecule has 0 saturated carbocycles. The molecule has 4 heteroatoms. The van der Waals surface area contributed by atoms with Gasteiger partial charge in [-0.1, -0.05) is 75.6 Å². The van der Waals surface area contributed by atoms with Crippen LogP contribution in [0.25, 0.3) is 0 Å². The van der Waals surface area contributed by atoms with E-state index in [1.54, 1.807) is 7.11 Å². The molecule has 28 heavy (non-hydrogen) atoms. The van der Waals surface area contributed by atoms with E-state index in [1.807, 2.05) is 18.2 Å². The van der Waals surface area contributed by atoms with E-state index in [-0.39, 0.29) is 0 Å². The lowest BCUT2D eigenvalue weighted by atomic mass is 10.1. The van der Waals surface area contributed by atoms with Crippen molar-refractivity contribution in [2.45, 2.75) is 33.5 Å². The van der Waals surface area contributed by atoms with E-state index in [2.05, 4.69) is 77.6 Å². The molecule has 3 rings (SSSR count). The van der Waals surface area contributed by atoms with Gasteiger partial charge in [0.15, 0.2) is 11.5 Å². The summed E-state index contributed by atoms with van der Waals surface area (Å²) in [6, 6.07) is 20.9. The van der Waals surface area contributed by atoms with Gasteiger partial charge in [-0.25, -0.2) is 0 Å². The van der Waals surface area contributed by atoms with Crippen molar-refractivity contribution in [2.24, 2.45) is 0 Å². The van der Waals surface area contributed by atoms with Gasteiger partial charge in [-0.2, -0.15) is 0 Å². The zero-order valence-electron chi connectivity index (χ0n) is 16.6. The minimum absolute atomic E-state index is 0.509. The van der Waals surface area contributed by atoms with Crippen LogP contribution in [-0.2, 0) is 19.7 Å². The number of aryl methyl sites for hydroxylation is 2. The van der Waals surface area contributed by atoms with Gasteiger partial charge in [0.05, 0.1) is 7.11 Å². The normalized spacial score (nSPS) is 10.7. The van der Waals surface area contributed by atoms with Crippen LogP contribution < -0.4 is 14.8 Å². The number of hydrogen-bond donors (Lipinski definition) is 1. The summed E-state index contributed by atoms with van der Waals surface area (Å²) >= 11 is 3.67. The van der Waals surface area contributed by atoms with Gasteiger partial charge in [0, 0.05) is 17.6 Å². The summed E-state index contributed by atoms with van der Waals surface area (Å²) in [6.45, 7) is 6.25. The minimum atomic E-state index is 0.509. The van der Waals surface area contributed by atoms with Crippen LogP contribution in [0, 0.1) is 13.8 Å². The highest BCUT2D eigenvalue weighted by molar-refractivity contribution is 9.10. The third kappa shape index (κ3) is 5.60. The van der Waals surface area contributed by atoms with Crippen LogP contribution in [0.15, 0.2) is 65.1 Å². The van der Waals surface area contributed by atoms with Crippen LogP contribution in [0.1, 0.15) is 27.8 Å². The summed E-state index contributed by atoms with van der Waals surface area (Å²) in [4.78, 5) is 0. The summed E-state index contributed by atoms with van der Waals surface area (Å²) in [5.74, 6) is 1.47. The van der Waals surface area contributed by atoms with Gasteiger partial charge in [-0.15, -0.1) is 0 Å². The Labute approximate surface area is 175 Å². The molecule has 0 aliphatic rings.